The predicted molar refractivity (Wildman–Crippen MR) is 111 cm³/mol. The van der Waals surface area contributed by atoms with Gasteiger partial charge in [0.2, 0.25) is 0 Å². The predicted octanol–water partition coefficient (Wildman–Crippen LogP) is 5.79. The number of fused-ring (bicyclic) bond motifs is 2. The van der Waals surface area contributed by atoms with E-state index in [1.165, 1.54) is 19.2 Å². The Kier molecular flexibility index (Phi) is 6.84. The number of hydrogen-bond acceptors (Lipinski definition) is 5. The molecule has 0 radical (unpaired) electrons. The van der Waals surface area contributed by atoms with Gasteiger partial charge in [-0.25, -0.2) is 4.98 Å². The van der Waals surface area contributed by atoms with Crippen molar-refractivity contribution < 1.29 is 40.6 Å². The molecule has 2 heterocycles. The summed E-state index contributed by atoms with van der Waals surface area (Å²) in [4.78, 5) is 5.96. The maximum absolute atomic E-state index is 13.2. The number of nitrogens with zero attached hydrogens (tertiary/aromatic N) is 2. The summed E-state index contributed by atoms with van der Waals surface area (Å²) in [7, 11) is 1.36. The van der Waals surface area contributed by atoms with Gasteiger partial charge < -0.3 is 19.1 Å². The number of aromatic nitrogens is 1. The topological polar surface area (TPSA) is 43.8 Å². The van der Waals surface area contributed by atoms with Gasteiger partial charge in [-0.2, -0.15) is 26.3 Å². The second kappa shape index (κ2) is 9.52. The average Bonchev–Trinajstić information content (AvgIpc) is 2.77. The molecular weight excluding hydrogens is 466 g/mol. The van der Waals surface area contributed by atoms with Crippen LogP contribution in [0.15, 0.2) is 36.5 Å². The van der Waals surface area contributed by atoms with E-state index in [0.717, 1.165) is 43.7 Å². The lowest BCUT2D eigenvalue weighted by Crippen LogP contribution is -2.54. The SMILES string of the molecule is COCOc1cc(C(F)(F)F)ccc1OC1[C@@H]2CCC[C@H]1CN(c1ccc(C(F)(F)F)cn1)C2. The molecule has 2 aromatic rings. The van der Waals surface area contributed by atoms with Gasteiger partial charge in [0.05, 0.1) is 11.1 Å². The minimum absolute atomic E-state index is 0.0363. The molecule has 5 nitrogen and oxygen atoms in total. The zero-order valence-electron chi connectivity index (χ0n) is 18.3. The number of hydrogen-bond donors (Lipinski definition) is 0. The van der Waals surface area contributed by atoms with E-state index in [1.807, 2.05) is 4.90 Å². The second-order valence-corrected chi connectivity index (χ2v) is 8.55. The van der Waals surface area contributed by atoms with E-state index >= 15 is 0 Å². The molecule has 11 heteroatoms. The van der Waals surface area contributed by atoms with Crippen LogP contribution in [0.4, 0.5) is 32.2 Å². The summed E-state index contributed by atoms with van der Waals surface area (Å²) in [5, 5.41) is 0. The van der Waals surface area contributed by atoms with E-state index in [0.29, 0.717) is 18.9 Å². The van der Waals surface area contributed by atoms with Gasteiger partial charge in [0.25, 0.3) is 0 Å². The highest BCUT2D eigenvalue weighted by atomic mass is 19.4. The maximum atomic E-state index is 13.2. The normalized spacial score (nSPS) is 23.0. The van der Waals surface area contributed by atoms with Gasteiger partial charge in [-0.05, 0) is 43.2 Å². The molecule has 1 aromatic heterocycles. The summed E-state index contributed by atoms with van der Waals surface area (Å²) in [5.41, 5.74) is -1.66. The fraction of sp³-hybridized carbons (Fsp3) is 0.522. The second-order valence-electron chi connectivity index (χ2n) is 8.55. The van der Waals surface area contributed by atoms with E-state index in [-0.39, 0.29) is 36.2 Å². The van der Waals surface area contributed by atoms with Crippen molar-refractivity contribution in [2.45, 2.75) is 37.7 Å². The number of rotatable bonds is 6. The molecule has 1 unspecified atom stereocenters. The molecule has 2 aliphatic rings. The Balaban J connectivity index is 1.52. The molecule has 1 aliphatic heterocycles. The Morgan fingerprint density at radius 2 is 1.56 bits per heavy atom. The number of halogens is 6. The van der Waals surface area contributed by atoms with E-state index in [9.17, 15) is 26.3 Å². The number of ether oxygens (including phenoxy) is 3. The van der Waals surface area contributed by atoms with Crippen LogP contribution in [-0.2, 0) is 17.1 Å². The quantitative estimate of drug-likeness (QED) is 0.379. The van der Waals surface area contributed by atoms with E-state index in [2.05, 4.69) is 4.98 Å². The van der Waals surface area contributed by atoms with Crippen molar-refractivity contribution in [1.29, 1.82) is 0 Å². The molecule has 0 spiro atoms. The molecule has 1 aliphatic carbocycles. The molecule has 1 saturated carbocycles. The zero-order valence-corrected chi connectivity index (χ0v) is 18.3. The summed E-state index contributed by atoms with van der Waals surface area (Å²) in [6.07, 6.45) is -5.78. The molecule has 4 rings (SSSR count). The first kappa shape index (κ1) is 24.4. The third-order valence-electron chi connectivity index (χ3n) is 6.25. The van der Waals surface area contributed by atoms with Crippen molar-refractivity contribution in [3.05, 3.63) is 47.7 Å². The van der Waals surface area contributed by atoms with Gasteiger partial charge >= 0.3 is 12.4 Å². The number of alkyl halides is 6. The Morgan fingerprint density at radius 1 is 0.912 bits per heavy atom. The van der Waals surface area contributed by atoms with Crippen LogP contribution in [0.25, 0.3) is 0 Å². The largest absolute Gasteiger partial charge is 0.486 e. The first-order valence-corrected chi connectivity index (χ1v) is 10.8. The minimum atomic E-state index is -4.53. The highest BCUT2D eigenvalue weighted by molar-refractivity contribution is 5.45. The van der Waals surface area contributed by atoms with Crippen molar-refractivity contribution in [3.63, 3.8) is 0 Å². The van der Waals surface area contributed by atoms with Crippen LogP contribution in [-0.4, -0.2) is 38.1 Å². The van der Waals surface area contributed by atoms with Gasteiger partial charge in [-0.3, -0.25) is 0 Å². The molecular formula is C23H24F6N2O3. The average molecular weight is 490 g/mol. The van der Waals surface area contributed by atoms with E-state index in [4.69, 9.17) is 14.2 Å². The molecule has 0 N–H and O–H groups in total. The van der Waals surface area contributed by atoms with E-state index < -0.39 is 23.5 Å². The lowest BCUT2D eigenvalue weighted by atomic mass is 9.75. The first-order chi connectivity index (χ1) is 16.1. The smallest absolute Gasteiger partial charge is 0.417 e. The van der Waals surface area contributed by atoms with Gasteiger partial charge in [-0.1, -0.05) is 6.42 Å². The van der Waals surface area contributed by atoms with Gasteiger partial charge in [0.15, 0.2) is 18.3 Å². The number of methoxy groups -OCH3 is 1. The molecule has 0 amide bonds. The number of anilines is 1. The molecule has 1 aromatic carbocycles. The molecule has 2 bridgehead atoms. The molecule has 1 saturated heterocycles. The van der Waals surface area contributed by atoms with Crippen LogP contribution in [0, 0.1) is 11.8 Å². The highest BCUT2D eigenvalue weighted by Gasteiger charge is 2.42. The lowest BCUT2D eigenvalue weighted by molar-refractivity contribution is -0.138. The third-order valence-corrected chi connectivity index (χ3v) is 6.25. The van der Waals surface area contributed by atoms with Crippen LogP contribution < -0.4 is 14.4 Å². The van der Waals surface area contributed by atoms with Gasteiger partial charge in [0.1, 0.15) is 11.9 Å². The molecule has 186 valence electrons. The monoisotopic (exact) mass is 490 g/mol. The Hall–Kier alpha value is -2.69. The number of benzene rings is 1. The van der Waals surface area contributed by atoms with Crippen molar-refractivity contribution in [1.82, 2.24) is 4.98 Å². The lowest BCUT2D eigenvalue weighted by Gasteiger charge is -2.47. The van der Waals surface area contributed by atoms with Crippen molar-refractivity contribution in [2.24, 2.45) is 11.8 Å². The summed E-state index contributed by atoms with van der Waals surface area (Å²) < 4.78 is 94.5. The summed E-state index contributed by atoms with van der Waals surface area (Å²) >= 11 is 0. The van der Waals surface area contributed by atoms with Crippen LogP contribution in [0.3, 0.4) is 0 Å². The first-order valence-electron chi connectivity index (χ1n) is 10.8. The minimum Gasteiger partial charge on any atom is -0.486 e. The van der Waals surface area contributed by atoms with Crippen LogP contribution >= 0.6 is 0 Å². The molecule has 34 heavy (non-hydrogen) atoms. The van der Waals surface area contributed by atoms with Gasteiger partial charge in [-0.15, -0.1) is 0 Å². The fourth-order valence-corrected chi connectivity index (χ4v) is 4.67. The maximum Gasteiger partial charge on any atom is 0.417 e. The van der Waals surface area contributed by atoms with Gasteiger partial charge in [0, 0.05) is 38.2 Å². The van der Waals surface area contributed by atoms with Crippen LogP contribution in [0.5, 0.6) is 11.5 Å². The molecule has 3 atom stereocenters. The van der Waals surface area contributed by atoms with Crippen molar-refractivity contribution >= 4 is 5.82 Å². The third kappa shape index (κ3) is 5.34. The number of pyridine rings is 1. The Morgan fingerprint density at radius 3 is 2.12 bits per heavy atom. The standard InChI is InChI=1S/C23H24F6N2O3/c1-32-13-33-19-9-16(22(24,25)26)5-7-18(19)34-21-14-3-2-4-15(21)12-31(11-14)20-8-6-17(10-30-20)23(27,28)29/h5-10,14-15,21H,2-4,11-13H2,1H3/t14-,15+,21?. The van der Waals surface area contributed by atoms with E-state index in [1.54, 1.807) is 0 Å². The summed E-state index contributed by atoms with van der Waals surface area (Å²) in [6, 6.07) is 5.49. The summed E-state index contributed by atoms with van der Waals surface area (Å²) in [6.45, 7) is 0.811. The zero-order chi connectivity index (χ0) is 24.5. The van der Waals surface area contributed by atoms with Crippen molar-refractivity contribution in [3.8, 4) is 11.5 Å². The Labute approximate surface area is 192 Å². The Bertz CT molecular complexity index is 966. The highest BCUT2D eigenvalue weighted by Crippen LogP contribution is 2.42. The van der Waals surface area contributed by atoms with Crippen LogP contribution in [0.1, 0.15) is 30.4 Å². The summed E-state index contributed by atoms with van der Waals surface area (Å²) in [5.74, 6) is 0.681. The molecule has 2 fully saturated rings. The fourth-order valence-electron chi connectivity index (χ4n) is 4.67. The number of piperidine rings is 1. The van der Waals surface area contributed by atoms with Crippen molar-refractivity contribution in [2.75, 3.05) is 31.9 Å². The van der Waals surface area contributed by atoms with Crippen LogP contribution in [0.2, 0.25) is 0 Å².